The van der Waals surface area contributed by atoms with Crippen LogP contribution >= 0.6 is 0 Å². The van der Waals surface area contributed by atoms with Gasteiger partial charge in [-0.15, -0.1) is 0 Å². The van der Waals surface area contributed by atoms with Crippen LogP contribution in [0.25, 0.3) is 11.0 Å². The van der Waals surface area contributed by atoms with E-state index < -0.39 is 46.3 Å². The molecule has 4 rings (SSSR count). The van der Waals surface area contributed by atoms with E-state index in [0.717, 1.165) is 42.6 Å². The van der Waals surface area contributed by atoms with Crippen LogP contribution in [0.3, 0.4) is 0 Å². The summed E-state index contributed by atoms with van der Waals surface area (Å²) in [5.41, 5.74) is -1.41. The highest BCUT2D eigenvalue weighted by atomic mass is 32.2. The third-order valence-corrected chi connectivity index (χ3v) is 7.38. The number of urea groups is 1. The van der Waals surface area contributed by atoms with E-state index in [1.54, 1.807) is 0 Å². The largest absolute Gasteiger partial charge is 0.450 e. The van der Waals surface area contributed by atoms with Gasteiger partial charge in [0.05, 0.1) is 36.5 Å². The number of halogens is 5. The van der Waals surface area contributed by atoms with Crippen molar-refractivity contribution in [2.24, 2.45) is 0 Å². The molecule has 2 atom stereocenters. The molecule has 1 aromatic carbocycles. The van der Waals surface area contributed by atoms with Gasteiger partial charge in [0.25, 0.3) is 0 Å². The Hall–Kier alpha value is -3.10. The molecule has 212 valence electrons. The zero-order valence-electron chi connectivity index (χ0n) is 21.1. The van der Waals surface area contributed by atoms with E-state index in [-0.39, 0.29) is 29.4 Å². The van der Waals surface area contributed by atoms with Gasteiger partial charge in [-0.25, -0.2) is 18.6 Å². The number of rotatable bonds is 10. The molecule has 3 heterocycles. The smallest absolute Gasteiger partial charge is 0.418 e. The van der Waals surface area contributed by atoms with Crippen molar-refractivity contribution < 1.29 is 41.0 Å². The molecule has 2 aromatic heterocycles. The van der Waals surface area contributed by atoms with Crippen LogP contribution in [0.4, 0.5) is 32.4 Å². The maximum absolute atomic E-state index is 14.9. The minimum Gasteiger partial charge on any atom is -0.450 e. The number of ether oxygens (including phenoxy) is 3. The summed E-state index contributed by atoms with van der Waals surface area (Å²) < 4.78 is 88.9. The number of thiol groups is 1. The molecule has 1 aliphatic rings. The van der Waals surface area contributed by atoms with E-state index in [1.165, 1.54) is 10.8 Å². The number of amides is 2. The van der Waals surface area contributed by atoms with Gasteiger partial charge >= 0.3 is 12.2 Å². The molecule has 0 saturated carbocycles. The van der Waals surface area contributed by atoms with Crippen molar-refractivity contribution in [3.63, 3.8) is 0 Å². The molecule has 0 aliphatic carbocycles. The topological polar surface area (TPSA) is 86.6 Å². The number of nitrogens with one attached hydrogen (secondary N) is 2. The van der Waals surface area contributed by atoms with Crippen molar-refractivity contribution in [1.82, 2.24) is 14.9 Å². The first-order valence-corrected chi connectivity index (χ1v) is 13.6. The van der Waals surface area contributed by atoms with Gasteiger partial charge in [0.2, 0.25) is 0 Å². The molecule has 8 nitrogen and oxygen atoms in total. The molecule has 2 amide bonds. The average Bonchev–Trinajstić information content (AvgIpc) is 3.52. The Morgan fingerprint density at radius 1 is 1.31 bits per heavy atom. The van der Waals surface area contributed by atoms with Gasteiger partial charge in [-0.1, -0.05) is 6.92 Å². The Morgan fingerprint density at radius 3 is 2.67 bits per heavy atom. The lowest BCUT2D eigenvalue weighted by molar-refractivity contribution is -0.136. The Morgan fingerprint density at radius 2 is 2.05 bits per heavy atom. The lowest BCUT2D eigenvalue weighted by atomic mass is 10.2. The second-order valence-electron chi connectivity index (χ2n) is 8.87. The highest BCUT2D eigenvalue weighted by Crippen LogP contribution is 2.42. The number of alkyl halides is 3. The monoisotopic (exact) mass is 575 g/mol. The van der Waals surface area contributed by atoms with Crippen LogP contribution in [0.5, 0.6) is 11.5 Å². The third kappa shape index (κ3) is 6.92. The van der Waals surface area contributed by atoms with Gasteiger partial charge in [-0.05, 0) is 30.7 Å². The van der Waals surface area contributed by atoms with Crippen molar-refractivity contribution in [3.05, 3.63) is 47.8 Å². The van der Waals surface area contributed by atoms with E-state index >= 15 is 0 Å². The van der Waals surface area contributed by atoms with Gasteiger partial charge in [0.1, 0.15) is 23.4 Å². The number of benzene rings is 1. The molecule has 1 aliphatic heterocycles. The molecule has 0 radical (unpaired) electrons. The van der Waals surface area contributed by atoms with Crippen LogP contribution in [0.2, 0.25) is 0 Å². The lowest BCUT2D eigenvalue weighted by Gasteiger charge is -2.14. The van der Waals surface area contributed by atoms with Crippen molar-refractivity contribution >= 4 is 34.5 Å². The summed E-state index contributed by atoms with van der Waals surface area (Å²) in [5, 5.41) is 4.70. The fourth-order valence-electron chi connectivity index (χ4n) is 4.09. The summed E-state index contributed by atoms with van der Waals surface area (Å²) in [4.78, 5) is 16.2. The zero-order valence-corrected chi connectivity index (χ0v) is 22.0. The zero-order chi connectivity index (χ0) is 28.2. The number of aromatic nitrogens is 2. The van der Waals surface area contributed by atoms with Crippen LogP contribution in [-0.2, 0) is 34.1 Å². The number of hydrogen-bond acceptors (Lipinski definition) is 5. The molecule has 0 bridgehead atoms. The minimum absolute atomic E-state index is 0.117. The predicted molar refractivity (Wildman–Crippen MR) is 137 cm³/mol. The molecule has 0 spiro atoms. The quantitative estimate of drug-likeness (QED) is 0.196. The third-order valence-electron chi connectivity index (χ3n) is 6.13. The van der Waals surface area contributed by atoms with Crippen molar-refractivity contribution in [3.8, 4) is 11.5 Å². The van der Waals surface area contributed by atoms with Gasteiger partial charge in [0.15, 0.2) is 17.4 Å². The van der Waals surface area contributed by atoms with E-state index in [1.807, 2.05) is 13.2 Å². The van der Waals surface area contributed by atoms with Gasteiger partial charge in [-0.2, -0.15) is 13.2 Å². The maximum Gasteiger partial charge on any atom is 0.418 e. The van der Waals surface area contributed by atoms with Crippen molar-refractivity contribution in [2.75, 3.05) is 31.4 Å². The summed E-state index contributed by atoms with van der Waals surface area (Å²) in [7, 11) is 0. The molecular formula is C25H28F5N4O4S+. The first-order chi connectivity index (χ1) is 18.6. The van der Waals surface area contributed by atoms with Crippen LogP contribution in [-0.4, -0.2) is 53.0 Å². The summed E-state index contributed by atoms with van der Waals surface area (Å²) >= 11 is 1.10. The van der Waals surface area contributed by atoms with Crippen LogP contribution < -0.4 is 15.4 Å². The second-order valence-corrected chi connectivity index (χ2v) is 10.1. The highest BCUT2D eigenvalue weighted by molar-refractivity contribution is 7.78. The molecule has 1 fully saturated rings. The molecule has 2 N–H and O–H groups in total. The average molecular weight is 576 g/mol. The highest BCUT2D eigenvalue weighted by Gasteiger charge is 2.37. The molecule has 14 heteroatoms. The van der Waals surface area contributed by atoms with E-state index in [2.05, 4.69) is 15.6 Å². The SMILES string of the molecule is CC[C@@H](COCn1cc(C(F)(F)F)c2c(Oc3c(F)cc(NC(=O)N[C@H]4CCOC4)cc3F)ccnc21)[SH+]C. The van der Waals surface area contributed by atoms with E-state index in [9.17, 15) is 26.7 Å². The summed E-state index contributed by atoms with van der Waals surface area (Å²) in [6.07, 6.45) is 0.632. The van der Waals surface area contributed by atoms with E-state index in [0.29, 0.717) is 26.2 Å². The molecule has 39 heavy (non-hydrogen) atoms. The van der Waals surface area contributed by atoms with Gasteiger partial charge in [0, 0.05) is 36.8 Å². The Balaban J connectivity index is 1.59. The van der Waals surface area contributed by atoms with Crippen LogP contribution in [0, 0.1) is 11.6 Å². The van der Waals surface area contributed by atoms with Crippen molar-refractivity contribution in [1.29, 1.82) is 0 Å². The van der Waals surface area contributed by atoms with Gasteiger partial charge < -0.3 is 29.4 Å². The number of hydrogen-bond donors (Lipinski definition) is 2. The lowest BCUT2D eigenvalue weighted by Crippen LogP contribution is -2.38. The minimum atomic E-state index is -4.80. The summed E-state index contributed by atoms with van der Waals surface area (Å²) in [5.74, 6) is -3.81. The Kier molecular flexibility index (Phi) is 9.18. The molecular weight excluding hydrogens is 547 g/mol. The fourth-order valence-corrected chi connectivity index (χ4v) is 4.71. The number of nitrogens with zero attached hydrogens (tertiary/aromatic N) is 2. The number of anilines is 1. The normalized spacial score (nSPS) is 16.4. The summed E-state index contributed by atoms with van der Waals surface area (Å²) in [6, 6.07) is 1.80. The summed E-state index contributed by atoms with van der Waals surface area (Å²) in [6.45, 7) is 2.95. The maximum atomic E-state index is 14.9. The van der Waals surface area contributed by atoms with E-state index in [4.69, 9.17) is 14.2 Å². The molecule has 0 unspecified atom stereocenters. The first kappa shape index (κ1) is 28.9. The predicted octanol–water partition coefficient (Wildman–Crippen LogP) is 5.23. The second kappa shape index (κ2) is 12.4. The number of carbonyl (C=O) groups excluding carboxylic acids is 1. The van der Waals surface area contributed by atoms with Crippen LogP contribution in [0.1, 0.15) is 25.3 Å². The van der Waals surface area contributed by atoms with Gasteiger partial charge in [-0.3, -0.25) is 0 Å². The molecule has 1 saturated heterocycles. The fraction of sp³-hybridized carbons (Fsp3) is 0.440. The van der Waals surface area contributed by atoms with Crippen molar-refractivity contribution in [2.45, 2.75) is 44.0 Å². The number of pyridine rings is 1. The van der Waals surface area contributed by atoms with Crippen LogP contribution in [0.15, 0.2) is 30.6 Å². The molecule has 3 aromatic rings. The number of carbonyl (C=O) groups is 1. The number of fused-ring (bicyclic) bond motifs is 1. The standard InChI is InChI=1S/C25H27F5N4O4S/c1-3-16(39-2)12-37-13-34-10-17(25(28,29)30)21-20(4-6-31-23(21)34)38-22-18(26)8-15(9-19(22)27)33-24(35)32-14-5-7-36-11-14/h4,6,8-10,14,16H,3,5,7,11-13H2,1-2H3,(H2,32,33,35)/p+1/t14-,16-/m0/s1. The Labute approximate surface area is 225 Å². The first-order valence-electron chi connectivity index (χ1n) is 12.1. The Bertz CT molecular complexity index is 1290.